The lowest BCUT2D eigenvalue weighted by Gasteiger charge is -2.32. The third kappa shape index (κ3) is 3.02. The van der Waals surface area contributed by atoms with E-state index in [2.05, 4.69) is 5.10 Å². The van der Waals surface area contributed by atoms with Gasteiger partial charge in [-0.3, -0.25) is 4.79 Å². The normalized spacial score (nSPS) is 21.8. The van der Waals surface area contributed by atoms with Crippen LogP contribution in [-0.2, 0) is 9.53 Å². The standard InChI is InChI=1S/C17H21N3O5/c1-11-13(6-10-23-11)15-18-20(17(22)25-15)12-4-7-19(8-5-12)16(21)14-3-2-9-24-14/h6,10,12,14H,2-5,7-9H2,1H3/t14-/m0/s1. The minimum Gasteiger partial charge on any atom is -0.469 e. The highest BCUT2D eigenvalue weighted by Gasteiger charge is 2.32. The van der Waals surface area contributed by atoms with Gasteiger partial charge in [0.2, 0.25) is 0 Å². The molecule has 4 heterocycles. The van der Waals surface area contributed by atoms with Gasteiger partial charge in [-0.25, -0.2) is 4.79 Å². The Hall–Kier alpha value is -2.35. The molecule has 0 radical (unpaired) electrons. The van der Waals surface area contributed by atoms with Crippen molar-refractivity contribution in [3.63, 3.8) is 0 Å². The van der Waals surface area contributed by atoms with Gasteiger partial charge in [-0.2, -0.15) is 4.68 Å². The van der Waals surface area contributed by atoms with Crippen LogP contribution in [0.25, 0.3) is 11.5 Å². The molecule has 2 aliphatic rings. The molecule has 1 atom stereocenters. The first-order chi connectivity index (χ1) is 12.1. The zero-order chi connectivity index (χ0) is 17.4. The fourth-order valence-electron chi connectivity index (χ4n) is 3.54. The van der Waals surface area contributed by atoms with Gasteiger partial charge in [0.05, 0.1) is 17.9 Å². The molecule has 0 aromatic carbocycles. The Labute approximate surface area is 144 Å². The van der Waals surface area contributed by atoms with Crippen LogP contribution < -0.4 is 5.76 Å². The van der Waals surface area contributed by atoms with Gasteiger partial charge in [-0.1, -0.05) is 0 Å². The first-order valence-electron chi connectivity index (χ1n) is 8.68. The van der Waals surface area contributed by atoms with Crippen molar-refractivity contribution in [1.29, 1.82) is 0 Å². The highest BCUT2D eigenvalue weighted by Crippen LogP contribution is 2.26. The van der Waals surface area contributed by atoms with Gasteiger partial charge in [0.25, 0.3) is 11.8 Å². The molecule has 0 N–H and O–H groups in total. The number of amides is 1. The number of aryl methyl sites for hydroxylation is 1. The molecular weight excluding hydrogens is 326 g/mol. The minimum atomic E-state index is -0.473. The molecule has 2 aliphatic heterocycles. The molecule has 2 aromatic heterocycles. The second-order valence-corrected chi connectivity index (χ2v) is 6.57. The average molecular weight is 347 g/mol. The molecule has 2 fully saturated rings. The van der Waals surface area contributed by atoms with E-state index >= 15 is 0 Å². The van der Waals surface area contributed by atoms with Gasteiger partial charge in [0.15, 0.2) is 0 Å². The van der Waals surface area contributed by atoms with E-state index < -0.39 is 5.76 Å². The van der Waals surface area contributed by atoms with Gasteiger partial charge < -0.3 is 18.5 Å². The second kappa shape index (κ2) is 6.51. The molecule has 2 saturated heterocycles. The molecule has 0 saturated carbocycles. The summed E-state index contributed by atoms with van der Waals surface area (Å²) < 4.78 is 17.4. The summed E-state index contributed by atoms with van der Waals surface area (Å²) in [5, 5.41) is 4.33. The molecule has 25 heavy (non-hydrogen) atoms. The number of carbonyl (C=O) groups excluding carboxylic acids is 1. The highest BCUT2D eigenvalue weighted by molar-refractivity contribution is 5.81. The van der Waals surface area contributed by atoms with Crippen LogP contribution in [0.4, 0.5) is 0 Å². The molecule has 4 rings (SSSR count). The van der Waals surface area contributed by atoms with Gasteiger partial charge in [-0.15, -0.1) is 5.10 Å². The number of likely N-dealkylation sites (tertiary alicyclic amines) is 1. The van der Waals surface area contributed by atoms with Crippen molar-refractivity contribution in [2.75, 3.05) is 19.7 Å². The molecule has 8 heteroatoms. The number of piperidine rings is 1. The van der Waals surface area contributed by atoms with Crippen LogP contribution in [0.15, 0.2) is 26.0 Å². The number of hydrogen-bond acceptors (Lipinski definition) is 6. The van der Waals surface area contributed by atoms with Crippen LogP contribution >= 0.6 is 0 Å². The molecule has 0 aliphatic carbocycles. The summed E-state index contributed by atoms with van der Waals surface area (Å²) >= 11 is 0. The van der Waals surface area contributed by atoms with Gasteiger partial charge in [0.1, 0.15) is 11.9 Å². The van der Waals surface area contributed by atoms with Crippen LogP contribution in [0.2, 0.25) is 0 Å². The van der Waals surface area contributed by atoms with Crippen molar-refractivity contribution in [2.45, 2.75) is 44.8 Å². The summed E-state index contributed by atoms with van der Waals surface area (Å²) in [5.41, 5.74) is 0.682. The molecule has 134 valence electrons. The van der Waals surface area contributed by atoms with E-state index in [1.54, 1.807) is 19.3 Å². The van der Waals surface area contributed by atoms with E-state index in [-0.39, 0.29) is 23.9 Å². The fourth-order valence-corrected chi connectivity index (χ4v) is 3.54. The largest absolute Gasteiger partial charge is 0.469 e. The first-order valence-corrected chi connectivity index (χ1v) is 8.68. The summed E-state index contributed by atoms with van der Waals surface area (Å²) in [6, 6.07) is 1.67. The maximum absolute atomic E-state index is 12.4. The Morgan fingerprint density at radius 1 is 1.28 bits per heavy atom. The SMILES string of the molecule is Cc1occc1-c1nn(C2CCN(C(=O)[C@@H]3CCCO3)CC2)c(=O)o1. The Morgan fingerprint density at radius 3 is 2.72 bits per heavy atom. The van der Waals surface area contributed by atoms with Crippen molar-refractivity contribution in [1.82, 2.24) is 14.7 Å². The Morgan fingerprint density at radius 2 is 2.08 bits per heavy atom. The molecular formula is C17H21N3O5. The molecule has 0 spiro atoms. The van der Waals surface area contributed by atoms with Crippen molar-refractivity contribution in [3.8, 4) is 11.5 Å². The minimum absolute atomic E-state index is 0.0641. The first kappa shape index (κ1) is 16.1. The fraction of sp³-hybridized carbons (Fsp3) is 0.588. The van der Waals surface area contributed by atoms with Crippen molar-refractivity contribution in [2.24, 2.45) is 0 Å². The zero-order valence-corrected chi connectivity index (χ0v) is 14.1. The number of rotatable bonds is 3. The third-order valence-corrected chi connectivity index (χ3v) is 4.99. The summed E-state index contributed by atoms with van der Waals surface area (Å²) in [6.07, 6.45) is 4.34. The maximum atomic E-state index is 12.4. The van der Waals surface area contributed by atoms with E-state index in [1.165, 1.54) is 4.68 Å². The van der Waals surface area contributed by atoms with E-state index in [0.29, 0.717) is 43.9 Å². The highest BCUT2D eigenvalue weighted by atomic mass is 16.5. The van der Waals surface area contributed by atoms with Crippen molar-refractivity contribution >= 4 is 5.91 Å². The average Bonchev–Trinajstić information content (AvgIpc) is 3.35. The van der Waals surface area contributed by atoms with E-state index in [9.17, 15) is 9.59 Å². The lowest BCUT2D eigenvalue weighted by Crippen LogP contribution is -2.44. The van der Waals surface area contributed by atoms with Crippen molar-refractivity contribution in [3.05, 3.63) is 28.6 Å². The van der Waals surface area contributed by atoms with Crippen LogP contribution in [-0.4, -0.2) is 46.4 Å². The predicted octanol–water partition coefficient (Wildman–Crippen LogP) is 1.75. The molecule has 1 amide bonds. The smallest absolute Gasteiger partial charge is 0.437 e. The maximum Gasteiger partial charge on any atom is 0.437 e. The number of hydrogen-bond donors (Lipinski definition) is 0. The zero-order valence-electron chi connectivity index (χ0n) is 14.1. The van der Waals surface area contributed by atoms with E-state index in [1.807, 2.05) is 4.90 Å². The van der Waals surface area contributed by atoms with Crippen LogP contribution in [0.1, 0.15) is 37.5 Å². The van der Waals surface area contributed by atoms with E-state index in [4.69, 9.17) is 13.6 Å². The number of ether oxygens (including phenoxy) is 1. The molecule has 0 unspecified atom stereocenters. The Kier molecular flexibility index (Phi) is 4.20. The monoisotopic (exact) mass is 347 g/mol. The second-order valence-electron chi connectivity index (χ2n) is 6.57. The topological polar surface area (TPSA) is 90.7 Å². The number of nitrogens with zero attached hydrogens (tertiary/aromatic N) is 3. The summed E-state index contributed by atoms with van der Waals surface area (Å²) in [4.78, 5) is 26.4. The van der Waals surface area contributed by atoms with Crippen LogP contribution in [0.5, 0.6) is 0 Å². The van der Waals surface area contributed by atoms with Crippen LogP contribution in [0.3, 0.4) is 0 Å². The summed E-state index contributed by atoms with van der Waals surface area (Å²) in [5.74, 6) is 0.525. The van der Waals surface area contributed by atoms with Crippen LogP contribution in [0, 0.1) is 6.92 Å². The van der Waals surface area contributed by atoms with Gasteiger partial charge >= 0.3 is 5.76 Å². The van der Waals surface area contributed by atoms with E-state index in [0.717, 1.165) is 12.8 Å². The van der Waals surface area contributed by atoms with Crippen molar-refractivity contribution < 1.29 is 18.4 Å². The summed E-state index contributed by atoms with van der Waals surface area (Å²) in [7, 11) is 0. The lowest BCUT2D eigenvalue weighted by molar-refractivity contribution is -0.142. The predicted molar refractivity (Wildman–Crippen MR) is 87.0 cm³/mol. The Bertz CT molecular complexity index is 806. The molecule has 8 nitrogen and oxygen atoms in total. The summed E-state index contributed by atoms with van der Waals surface area (Å²) in [6.45, 7) is 3.66. The molecule has 2 aromatic rings. The lowest BCUT2D eigenvalue weighted by atomic mass is 10.0. The molecule has 0 bridgehead atoms. The quantitative estimate of drug-likeness (QED) is 0.840. The third-order valence-electron chi connectivity index (χ3n) is 4.99. The number of furan rings is 1. The van der Waals surface area contributed by atoms with Gasteiger partial charge in [-0.05, 0) is 38.7 Å². The number of aromatic nitrogens is 2. The van der Waals surface area contributed by atoms with Gasteiger partial charge in [0, 0.05) is 19.7 Å². The number of carbonyl (C=O) groups is 1. The Balaban J connectivity index is 1.44.